The van der Waals surface area contributed by atoms with E-state index in [1.807, 2.05) is 0 Å². The van der Waals surface area contributed by atoms with Crippen LogP contribution in [0.15, 0.2) is 29.4 Å². The standard InChI is InChI=1S/C11H10F3N5OS/c1-19-10(16-17-18-19)21-6-9(20)15-8-4-2-3-7(5-8)11(12,13)14/h2-5H,6H2,1H3,(H,15,20). The normalized spacial score (nSPS) is 11.4. The first-order valence-corrected chi connectivity index (χ1v) is 6.67. The number of amides is 1. The highest BCUT2D eigenvalue weighted by Crippen LogP contribution is 2.30. The second-order valence-electron chi connectivity index (χ2n) is 4.00. The maximum atomic E-state index is 12.5. The number of carbonyl (C=O) groups excluding carboxylic acids is 1. The number of carbonyl (C=O) groups is 1. The molecule has 0 aliphatic carbocycles. The number of aryl methyl sites for hydroxylation is 1. The molecule has 0 atom stereocenters. The molecule has 21 heavy (non-hydrogen) atoms. The van der Waals surface area contributed by atoms with Crippen LogP contribution in [-0.4, -0.2) is 31.9 Å². The molecule has 0 fully saturated rings. The molecule has 1 aromatic carbocycles. The van der Waals surface area contributed by atoms with Crippen LogP contribution in [-0.2, 0) is 18.0 Å². The number of hydrogen-bond donors (Lipinski definition) is 1. The number of aromatic nitrogens is 4. The molecule has 0 unspecified atom stereocenters. The van der Waals surface area contributed by atoms with Gasteiger partial charge in [-0.2, -0.15) is 13.2 Å². The molecule has 0 saturated heterocycles. The van der Waals surface area contributed by atoms with Gasteiger partial charge in [0.1, 0.15) is 0 Å². The van der Waals surface area contributed by atoms with Crippen LogP contribution in [0.1, 0.15) is 5.56 Å². The van der Waals surface area contributed by atoms with E-state index in [4.69, 9.17) is 0 Å². The van der Waals surface area contributed by atoms with Crippen LogP contribution < -0.4 is 5.32 Å². The zero-order valence-corrected chi connectivity index (χ0v) is 11.6. The van der Waals surface area contributed by atoms with Crippen LogP contribution in [0.25, 0.3) is 0 Å². The van der Waals surface area contributed by atoms with Crippen molar-refractivity contribution in [3.63, 3.8) is 0 Å². The van der Waals surface area contributed by atoms with E-state index in [-0.39, 0.29) is 11.4 Å². The van der Waals surface area contributed by atoms with Gasteiger partial charge in [-0.3, -0.25) is 4.79 Å². The van der Waals surface area contributed by atoms with E-state index in [1.165, 1.54) is 16.8 Å². The molecule has 0 radical (unpaired) electrons. The summed E-state index contributed by atoms with van der Waals surface area (Å²) in [7, 11) is 1.62. The predicted octanol–water partition coefficient (Wildman–Crippen LogP) is 1.96. The van der Waals surface area contributed by atoms with Crippen LogP contribution in [0.2, 0.25) is 0 Å². The van der Waals surface area contributed by atoms with Gasteiger partial charge in [-0.25, -0.2) is 4.68 Å². The number of anilines is 1. The number of tetrazole rings is 1. The van der Waals surface area contributed by atoms with Gasteiger partial charge in [0.05, 0.1) is 11.3 Å². The molecule has 6 nitrogen and oxygen atoms in total. The number of benzene rings is 1. The number of halogens is 3. The summed E-state index contributed by atoms with van der Waals surface area (Å²) in [5, 5.41) is 13.5. The third kappa shape index (κ3) is 4.18. The molecule has 1 N–H and O–H groups in total. The minimum atomic E-state index is -4.44. The van der Waals surface area contributed by atoms with Crippen molar-refractivity contribution in [3.05, 3.63) is 29.8 Å². The van der Waals surface area contributed by atoms with Gasteiger partial charge in [-0.15, -0.1) is 5.10 Å². The second kappa shape index (κ2) is 6.12. The summed E-state index contributed by atoms with van der Waals surface area (Å²) in [6, 6.07) is 4.45. The van der Waals surface area contributed by atoms with Crippen molar-refractivity contribution in [2.24, 2.45) is 7.05 Å². The summed E-state index contributed by atoms with van der Waals surface area (Å²) >= 11 is 1.08. The van der Waals surface area contributed by atoms with E-state index in [0.717, 1.165) is 23.9 Å². The third-order valence-corrected chi connectivity index (χ3v) is 3.40. The van der Waals surface area contributed by atoms with E-state index < -0.39 is 17.6 Å². The van der Waals surface area contributed by atoms with Crippen LogP contribution in [0.4, 0.5) is 18.9 Å². The van der Waals surface area contributed by atoms with E-state index in [9.17, 15) is 18.0 Å². The van der Waals surface area contributed by atoms with E-state index in [0.29, 0.717) is 5.16 Å². The lowest BCUT2D eigenvalue weighted by Gasteiger charge is -2.09. The second-order valence-corrected chi connectivity index (χ2v) is 4.94. The highest BCUT2D eigenvalue weighted by Gasteiger charge is 2.30. The quantitative estimate of drug-likeness (QED) is 0.873. The minimum absolute atomic E-state index is 0.00947. The zero-order chi connectivity index (χ0) is 15.5. The smallest absolute Gasteiger partial charge is 0.325 e. The Morgan fingerprint density at radius 3 is 2.81 bits per heavy atom. The van der Waals surface area contributed by atoms with Gasteiger partial charge in [-0.05, 0) is 28.6 Å². The van der Waals surface area contributed by atoms with Crippen LogP contribution in [0.3, 0.4) is 0 Å². The summed E-state index contributed by atoms with van der Waals surface area (Å²) in [5.41, 5.74) is -0.725. The molecule has 1 aromatic heterocycles. The van der Waals surface area contributed by atoms with Gasteiger partial charge in [0.15, 0.2) is 0 Å². The number of hydrogen-bond acceptors (Lipinski definition) is 5. The Hall–Kier alpha value is -2.10. The summed E-state index contributed by atoms with van der Waals surface area (Å²) in [4.78, 5) is 11.7. The maximum absolute atomic E-state index is 12.5. The molecule has 10 heteroatoms. The van der Waals surface area contributed by atoms with Crippen molar-refractivity contribution >= 4 is 23.4 Å². The third-order valence-electron chi connectivity index (χ3n) is 2.39. The van der Waals surface area contributed by atoms with Gasteiger partial charge in [0, 0.05) is 12.7 Å². The van der Waals surface area contributed by atoms with Crippen molar-refractivity contribution in [1.82, 2.24) is 20.2 Å². The Bertz CT molecular complexity index is 643. The first-order valence-electron chi connectivity index (χ1n) is 5.68. The summed E-state index contributed by atoms with van der Waals surface area (Å²) in [6.45, 7) is 0. The molecule has 1 heterocycles. The first-order chi connectivity index (χ1) is 9.86. The van der Waals surface area contributed by atoms with E-state index >= 15 is 0 Å². The van der Waals surface area contributed by atoms with E-state index in [2.05, 4.69) is 20.8 Å². The summed E-state index contributed by atoms with van der Waals surface area (Å²) in [5.74, 6) is -0.452. The van der Waals surface area contributed by atoms with Crippen molar-refractivity contribution in [1.29, 1.82) is 0 Å². The van der Waals surface area contributed by atoms with Crippen LogP contribution in [0.5, 0.6) is 0 Å². The van der Waals surface area contributed by atoms with Gasteiger partial charge >= 0.3 is 6.18 Å². The minimum Gasteiger partial charge on any atom is -0.325 e. The van der Waals surface area contributed by atoms with Crippen LogP contribution in [0, 0.1) is 0 Å². The largest absolute Gasteiger partial charge is 0.416 e. The molecule has 0 saturated carbocycles. The molecule has 1 amide bonds. The molecular weight excluding hydrogens is 307 g/mol. The van der Waals surface area contributed by atoms with Gasteiger partial charge < -0.3 is 5.32 Å². The fourth-order valence-corrected chi connectivity index (χ4v) is 2.09. The number of thioether (sulfide) groups is 1. The lowest BCUT2D eigenvalue weighted by atomic mass is 10.2. The van der Waals surface area contributed by atoms with Crippen molar-refractivity contribution < 1.29 is 18.0 Å². The highest BCUT2D eigenvalue weighted by atomic mass is 32.2. The van der Waals surface area contributed by atoms with Crippen LogP contribution >= 0.6 is 11.8 Å². The average molecular weight is 317 g/mol. The van der Waals surface area contributed by atoms with Gasteiger partial charge in [0.2, 0.25) is 11.1 Å². The monoisotopic (exact) mass is 317 g/mol. The molecular formula is C11H10F3N5OS. The summed E-state index contributed by atoms with van der Waals surface area (Å²) < 4.78 is 39.0. The van der Waals surface area contributed by atoms with Crippen molar-refractivity contribution in [2.45, 2.75) is 11.3 Å². The van der Waals surface area contributed by atoms with Crippen molar-refractivity contribution in [2.75, 3.05) is 11.1 Å². The predicted molar refractivity (Wildman–Crippen MR) is 69.6 cm³/mol. The Morgan fingerprint density at radius 1 is 1.43 bits per heavy atom. The Kier molecular flexibility index (Phi) is 4.46. The Labute approximate surface area is 121 Å². The SMILES string of the molecule is Cn1nnnc1SCC(=O)Nc1cccc(C(F)(F)F)c1. The molecule has 0 aliphatic rings. The fourth-order valence-electron chi connectivity index (χ4n) is 1.44. The topological polar surface area (TPSA) is 72.7 Å². The molecule has 2 rings (SSSR count). The number of rotatable bonds is 4. The number of alkyl halides is 3. The Morgan fingerprint density at radius 2 is 2.19 bits per heavy atom. The van der Waals surface area contributed by atoms with E-state index in [1.54, 1.807) is 7.05 Å². The lowest BCUT2D eigenvalue weighted by molar-refractivity contribution is -0.137. The molecule has 0 bridgehead atoms. The molecule has 112 valence electrons. The zero-order valence-electron chi connectivity index (χ0n) is 10.8. The van der Waals surface area contributed by atoms with Gasteiger partial charge in [-0.1, -0.05) is 17.8 Å². The maximum Gasteiger partial charge on any atom is 0.416 e. The summed E-state index contributed by atoms with van der Waals surface area (Å²) in [6.07, 6.45) is -4.44. The van der Waals surface area contributed by atoms with Crippen molar-refractivity contribution in [3.8, 4) is 0 Å². The number of nitrogens with zero attached hydrogens (tertiary/aromatic N) is 4. The fraction of sp³-hybridized carbons (Fsp3) is 0.273. The lowest BCUT2D eigenvalue weighted by Crippen LogP contribution is -2.15. The first kappa shape index (κ1) is 15.3. The number of nitrogens with one attached hydrogen (secondary N) is 1. The Balaban J connectivity index is 1.95. The highest BCUT2D eigenvalue weighted by molar-refractivity contribution is 7.99. The molecule has 0 aliphatic heterocycles. The molecule has 0 spiro atoms. The molecule has 2 aromatic rings. The van der Waals surface area contributed by atoms with Gasteiger partial charge in [0.25, 0.3) is 0 Å². The average Bonchev–Trinajstić information content (AvgIpc) is 2.81.